The third-order valence-corrected chi connectivity index (χ3v) is 3.35. The van der Waals surface area contributed by atoms with Gasteiger partial charge < -0.3 is 14.7 Å². The van der Waals surface area contributed by atoms with Crippen molar-refractivity contribution in [2.45, 2.75) is 13.0 Å². The van der Waals surface area contributed by atoms with Gasteiger partial charge in [0.25, 0.3) is 0 Å². The van der Waals surface area contributed by atoms with Crippen LogP contribution in [0.4, 0.5) is 0 Å². The molecular weight excluding hydrogens is 250 g/mol. The van der Waals surface area contributed by atoms with Crippen LogP contribution >= 0.6 is 11.3 Å². The molecule has 100 valence electrons. The Bertz CT molecular complexity index is 401. The minimum absolute atomic E-state index is 0.779. The lowest BCUT2D eigenvalue weighted by atomic mass is 10.2. The van der Waals surface area contributed by atoms with Crippen molar-refractivity contribution >= 4 is 23.4 Å². The predicted molar refractivity (Wildman–Crippen MR) is 73.8 cm³/mol. The Morgan fingerprint density at radius 2 is 2.39 bits per heavy atom. The molecule has 0 saturated carbocycles. The highest BCUT2D eigenvalue weighted by Crippen LogP contribution is 2.17. The lowest BCUT2D eigenvalue weighted by Crippen LogP contribution is -2.19. The van der Waals surface area contributed by atoms with Crippen LogP contribution in [0, 0.1) is 0 Å². The topological polar surface area (TPSA) is 49.8 Å². The van der Waals surface area contributed by atoms with Gasteiger partial charge in [0.15, 0.2) is 0 Å². The maximum atomic E-state index is 10.4. The van der Waals surface area contributed by atoms with Gasteiger partial charge in [0.05, 0.1) is 0 Å². The quantitative estimate of drug-likeness (QED) is 0.581. The zero-order valence-electron chi connectivity index (χ0n) is 10.8. The fraction of sp³-hybridized carbons (Fsp3) is 0.462. The molecule has 5 heteroatoms. The van der Waals surface area contributed by atoms with Gasteiger partial charge in [-0.3, -0.25) is 0 Å². The number of carboxylic acids is 1. The summed E-state index contributed by atoms with van der Waals surface area (Å²) in [5, 5.41) is 10.5. The summed E-state index contributed by atoms with van der Waals surface area (Å²) in [7, 11) is 3.78. The highest BCUT2D eigenvalue weighted by Gasteiger charge is 2.03. The number of methoxy groups -OCH3 is 1. The minimum Gasteiger partial charge on any atom is -0.478 e. The summed E-state index contributed by atoms with van der Waals surface area (Å²) >= 11 is 1.65. The predicted octanol–water partition coefficient (Wildman–Crippen LogP) is 2.31. The second-order valence-electron chi connectivity index (χ2n) is 4.10. The van der Waals surface area contributed by atoms with E-state index in [2.05, 4.69) is 11.9 Å². The van der Waals surface area contributed by atoms with E-state index in [4.69, 9.17) is 9.84 Å². The van der Waals surface area contributed by atoms with Crippen LogP contribution in [0.5, 0.6) is 0 Å². The molecule has 0 bridgehead atoms. The molecule has 0 fully saturated rings. The normalized spacial score (nSPS) is 11.5. The van der Waals surface area contributed by atoms with Gasteiger partial charge in [0.2, 0.25) is 0 Å². The summed E-state index contributed by atoms with van der Waals surface area (Å²) in [6.07, 6.45) is 3.80. The van der Waals surface area contributed by atoms with E-state index >= 15 is 0 Å². The Kier molecular flexibility index (Phi) is 6.64. The molecule has 1 aromatic rings. The molecule has 1 N–H and O–H groups in total. The molecule has 0 atom stereocenters. The fourth-order valence-electron chi connectivity index (χ4n) is 1.56. The van der Waals surface area contributed by atoms with Crippen LogP contribution in [0.2, 0.25) is 0 Å². The van der Waals surface area contributed by atoms with E-state index in [1.54, 1.807) is 24.5 Å². The summed E-state index contributed by atoms with van der Waals surface area (Å²) in [5.41, 5.74) is 0.947. The third-order valence-electron chi connectivity index (χ3n) is 2.41. The SMILES string of the molecule is COCCCN(C)Cc1cc(C=CC(=O)O)cs1. The molecular formula is C13H19NO3S. The molecule has 0 amide bonds. The summed E-state index contributed by atoms with van der Waals surface area (Å²) in [5.74, 6) is -0.917. The molecule has 4 nitrogen and oxygen atoms in total. The number of carbonyl (C=O) groups is 1. The first-order valence-electron chi connectivity index (χ1n) is 5.77. The van der Waals surface area contributed by atoms with Crippen molar-refractivity contribution in [3.63, 3.8) is 0 Å². The third kappa shape index (κ3) is 5.95. The number of rotatable bonds is 8. The molecule has 1 aromatic heterocycles. The van der Waals surface area contributed by atoms with E-state index in [0.717, 1.165) is 37.8 Å². The van der Waals surface area contributed by atoms with Crippen LogP contribution in [0.15, 0.2) is 17.5 Å². The van der Waals surface area contributed by atoms with Crippen molar-refractivity contribution in [1.82, 2.24) is 4.90 Å². The number of aliphatic carboxylic acids is 1. The number of carboxylic acid groups (broad SMARTS) is 1. The zero-order valence-corrected chi connectivity index (χ0v) is 11.6. The number of thiophene rings is 1. The van der Waals surface area contributed by atoms with Crippen molar-refractivity contribution in [2.75, 3.05) is 27.3 Å². The first-order valence-corrected chi connectivity index (χ1v) is 6.65. The van der Waals surface area contributed by atoms with E-state index in [1.807, 2.05) is 11.4 Å². The van der Waals surface area contributed by atoms with E-state index in [0.29, 0.717) is 0 Å². The summed E-state index contributed by atoms with van der Waals surface area (Å²) in [4.78, 5) is 13.9. The molecule has 0 spiro atoms. The molecule has 0 aliphatic carbocycles. The van der Waals surface area contributed by atoms with E-state index in [1.165, 1.54) is 4.88 Å². The van der Waals surface area contributed by atoms with Crippen LogP contribution in [-0.4, -0.2) is 43.3 Å². The van der Waals surface area contributed by atoms with Gasteiger partial charge in [-0.05, 0) is 36.6 Å². The van der Waals surface area contributed by atoms with Gasteiger partial charge in [-0.15, -0.1) is 11.3 Å². The largest absolute Gasteiger partial charge is 0.478 e. The number of ether oxygens (including phenoxy) is 1. The fourth-order valence-corrected chi connectivity index (χ4v) is 2.49. The van der Waals surface area contributed by atoms with Crippen molar-refractivity contribution in [3.05, 3.63) is 28.0 Å². The van der Waals surface area contributed by atoms with E-state index in [9.17, 15) is 4.79 Å². The molecule has 0 aromatic carbocycles. The summed E-state index contributed by atoms with van der Waals surface area (Å²) in [6.45, 7) is 2.66. The Labute approximate surface area is 111 Å². The maximum Gasteiger partial charge on any atom is 0.328 e. The van der Waals surface area contributed by atoms with E-state index < -0.39 is 5.97 Å². The molecule has 18 heavy (non-hydrogen) atoms. The summed E-state index contributed by atoms with van der Waals surface area (Å²) in [6, 6.07) is 2.02. The monoisotopic (exact) mass is 269 g/mol. The first kappa shape index (κ1) is 14.9. The number of hydrogen-bond donors (Lipinski definition) is 1. The molecule has 1 rings (SSSR count). The van der Waals surface area contributed by atoms with Crippen LogP contribution in [-0.2, 0) is 16.1 Å². The van der Waals surface area contributed by atoms with Crippen LogP contribution in [0.3, 0.4) is 0 Å². The van der Waals surface area contributed by atoms with Gasteiger partial charge in [-0.1, -0.05) is 0 Å². The molecule has 1 heterocycles. The second kappa shape index (κ2) is 8.02. The molecule has 0 aliphatic rings. The van der Waals surface area contributed by atoms with Crippen molar-refractivity contribution in [1.29, 1.82) is 0 Å². The number of nitrogens with zero attached hydrogens (tertiary/aromatic N) is 1. The van der Waals surface area contributed by atoms with Crippen molar-refractivity contribution in [2.24, 2.45) is 0 Å². The maximum absolute atomic E-state index is 10.4. The van der Waals surface area contributed by atoms with Crippen LogP contribution in [0.1, 0.15) is 16.9 Å². The second-order valence-corrected chi connectivity index (χ2v) is 5.10. The Balaban J connectivity index is 2.41. The summed E-state index contributed by atoms with van der Waals surface area (Å²) < 4.78 is 5.01. The van der Waals surface area contributed by atoms with Crippen molar-refractivity contribution < 1.29 is 14.6 Å². The lowest BCUT2D eigenvalue weighted by Gasteiger charge is -2.14. The Hall–Kier alpha value is -1.17. The van der Waals surface area contributed by atoms with Gasteiger partial charge in [-0.2, -0.15) is 0 Å². The smallest absolute Gasteiger partial charge is 0.328 e. The molecule has 0 saturated heterocycles. The number of hydrogen-bond acceptors (Lipinski definition) is 4. The Morgan fingerprint density at radius 3 is 3.06 bits per heavy atom. The first-order chi connectivity index (χ1) is 8.61. The van der Waals surface area contributed by atoms with Gasteiger partial charge in [0, 0.05) is 37.8 Å². The molecule has 0 aliphatic heterocycles. The molecule has 0 radical (unpaired) electrons. The average Bonchev–Trinajstić information content (AvgIpc) is 2.74. The minimum atomic E-state index is -0.917. The standard InChI is InChI=1S/C13H19NO3S/c1-14(6-3-7-17-2)9-12-8-11(10-18-12)4-5-13(15)16/h4-5,8,10H,3,6-7,9H2,1-2H3,(H,15,16). The lowest BCUT2D eigenvalue weighted by molar-refractivity contribution is -0.131. The Morgan fingerprint density at radius 1 is 1.61 bits per heavy atom. The van der Waals surface area contributed by atoms with E-state index in [-0.39, 0.29) is 0 Å². The van der Waals surface area contributed by atoms with Crippen molar-refractivity contribution in [3.8, 4) is 0 Å². The average molecular weight is 269 g/mol. The van der Waals surface area contributed by atoms with Gasteiger partial charge >= 0.3 is 5.97 Å². The van der Waals surface area contributed by atoms with Gasteiger partial charge in [-0.25, -0.2) is 4.79 Å². The highest BCUT2D eigenvalue weighted by atomic mass is 32.1. The van der Waals surface area contributed by atoms with Gasteiger partial charge in [0.1, 0.15) is 0 Å². The molecule has 0 unspecified atom stereocenters. The zero-order chi connectivity index (χ0) is 13.4. The van der Waals surface area contributed by atoms with Crippen LogP contribution in [0.25, 0.3) is 6.08 Å². The highest BCUT2D eigenvalue weighted by molar-refractivity contribution is 7.10. The van der Waals surface area contributed by atoms with Crippen LogP contribution < -0.4 is 0 Å².